The molecule has 0 saturated carbocycles. The molecule has 0 bridgehead atoms. The average Bonchev–Trinajstić information content (AvgIpc) is 2.51. The highest BCUT2D eigenvalue weighted by Crippen LogP contribution is 2.08. The topological polar surface area (TPSA) is 69.6 Å². The minimum atomic E-state index is -0.532. The summed E-state index contributed by atoms with van der Waals surface area (Å²) in [6.07, 6.45) is 0.986. The molecule has 1 rings (SSSR count). The smallest absolute Gasteiger partial charge is 0.253 e. The van der Waals surface area contributed by atoms with Crippen LogP contribution in [0.2, 0.25) is 0 Å². The summed E-state index contributed by atoms with van der Waals surface area (Å²) in [5.41, 5.74) is 0.912. The summed E-state index contributed by atoms with van der Waals surface area (Å²) in [7, 11) is 1.72. The monoisotopic (exact) mass is 292 g/mol. The van der Waals surface area contributed by atoms with E-state index in [1.54, 1.807) is 36.2 Å². The van der Waals surface area contributed by atoms with E-state index in [-0.39, 0.29) is 18.4 Å². The van der Waals surface area contributed by atoms with Crippen LogP contribution in [0.25, 0.3) is 0 Å². The fraction of sp³-hybridized carbons (Fsp3) is 0.500. The Morgan fingerprint density at radius 2 is 1.95 bits per heavy atom. The van der Waals surface area contributed by atoms with Gasteiger partial charge in [-0.05, 0) is 31.5 Å². The fourth-order valence-electron chi connectivity index (χ4n) is 1.91. The maximum Gasteiger partial charge on any atom is 0.253 e. The third-order valence-corrected chi connectivity index (χ3v) is 3.31. The van der Waals surface area contributed by atoms with Crippen LogP contribution in [-0.2, 0) is 0 Å². The molecule has 1 aromatic carbocycles. The molecule has 0 radical (unpaired) electrons. The summed E-state index contributed by atoms with van der Waals surface area (Å²) in [5, 5.41) is 12.3. The van der Waals surface area contributed by atoms with Crippen molar-refractivity contribution in [1.29, 1.82) is 0 Å². The van der Waals surface area contributed by atoms with Crippen LogP contribution >= 0.6 is 0 Å². The molecule has 5 nitrogen and oxygen atoms in total. The maximum atomic E-state index is 12.1. The van der Waals surface area contributed by atoms with Gasteiger partial charge in [0, 0.05) is 31.3 Å². The number of amides is 2. The molecule has 1 atom stereocenters. The van der Waals surface area contributed by atoms with Gasteiger partial charge in [0.25, 0.3) is 11.8 Å². The van der Waals surface area contributed by atoms with Crippen molar-refractivity contribution in [3.63, 3.8) is 0 Å². The van der Waals surface area contributed by atoms with Crippen molar-refractivity contribution < 1.29 is 14.7 Å². The number of nitrogens with zero attached hydrogens (tertiary/aromatic N) is 1. The van der Waals surface area contributed by atoms with Crippen molar-refractivity contribution in [3.05, 3.63) is 35.4 Å². The highest BCUT2D eigenvalue weighted by molar-refractivity contribution is 5.99. The highest BCUT2D eigenvalue weighted by Gasteiger charge is 2.13. The molecule has 0 aromatic heterocycles. The summed E-state index contributed by atoms with van der Waals surface area (Å²) in [5.74, 6) is -0.392. The Balaban J connectivity index is 2.71. The van der Waals surface area contributed by atoms with E-state index < -0.39 is 6.10 Å². The summed E-state index contributed by atoms with van der Waals surface area (Å²) in [6, 6.07) is 6.62. The predicted molar refractivity (Wildman–Crippen MR) is 82.3 cm³/mol. The third-order valence-electron chi connectivity index (χ3n) is 3.31. The number of hydrogen-bond acceptors (Lipinski definition) is 3. The van der Waals surface area contributed by atoms with Crippen LogP contribution in [0.1, 0.15) is 47.4 Å². The summed E-state index contributed by atoms with van der Waals surface area (Å²) >= 11 is 0. The number of benzene rings is 1. The lowest BCUT2D eigenvalue weighted by atomic mass is 10.1. The lowest BCUT2D eigenvalue weighted by Gasteiger charge is -2.15. The number of carbonyl (C=O) groups is 2. The lowest BCUT2D eigenvalue weighted by Crippen LogP contribution is -2.32. The molecule has 1 unspecified atom stereocenters. The van der Waals surface area contributed by atoms with Crippen LogP contribution in [0.4, 0.5) is 0 Å². The molecule has 21 heavy (non-hydrogen) atoms. The first kappa shape index (κ1) is 17.2. The number of aliphatic hydroxyl groups excluding tert-OH is 1. The first-order valence-corrected chi connectivity index (χ1v) is 7.31. The first-order valence-electron chi connectivity index (χ1n) is 7.31. The van der Waals surface area contributed by atoms with E-state index in [1.807, 2.05) is 13.8 Å². The van der Waals surface area contributed by atoms with Gasteiger partial charge in [-0.1, -0.05) is 19.4 Å². The van der Waals surface area contributed by atoms with Gasteiger partial charge in [0.2, 0.25) is 0 Å². The molecule has 2 amide bonds. The van der Waals surface area contributed by atoms with Crippen molar-refractivity contribution in [2.75, 3.05) is 20.1 Å². The van der Waals surface area contributed by atoms with Gasteiger partial charge in [0.05, 0.1) is 6.10 Å². The van der Waals surface area contributed by atoms with Gasteiger partial charge in [-0.3, -0.25) is 9.59 Å². The van der Waals surface area contributed by atoms with Gasteiger partial charge in [-0.15, -0.1) is 0 Å². The van der Waals surface area contributed by atoms with E-state index >= 15 is 0 Å². The Bertz CT molecular complexity index is 488. The first-order chi connectivity index (χ1) is 9.99. The predicted octanol–water partition coefficient (Wildman–Crippen LogP) is 1.67. The Morgan fingerprint density at radius 3 is 2.57 bits per heavy atom. The molecule has 116 valence electrons. The largest absolute Gasteiger partial charge is 0.391 e. The van der Waals surface area contributed by atoms with Crippen molar-refractivity contribution in [3.8, 4) is 0 Å². The van der Waals surface area contributed by atoms with Gasteiger partial charge >= 0.3 is 0 Å². The van der Waals surface area contributed by atoms with E-state index in [1.165, 1.54) is 0 Å². The van der Waals surface area contributed by atoms with Crippen LogP contribution in [-0.4, -0.2) is 48.1 Å². The number of aliphatic hydroxyl groups is 1. The normalized spacial score (nSPS) is 11.8. The Labute approximate surface area is 126 Å². The van der Waals surface area contributed by atoms with E-state index in [0.717, 1.165) is 6.42 Å². The molecule has 2 N–H and O–H groups in total. The molecular formula is C16H24N2O3. The second-order valence-electron chi connectivity index (χ2n) is 5.05. The molecule has 0 aliphatic heterocycles. The minimum absolute atomic E-state index is 0.113. The van der Waals surface area contributed by atoms with Crippen LogP contribution in [0.3, 0.4) is 0 Å². The second-order valence-corrected chi connectivity index (χ2v) is 5.05. The van der Waals surface area contributed by atoms with Crippen molar-refractivity contribution in [2.24, 2.45) is 0 Å². The van der Waals surface area contributed by atoms with Crippen LogP contribution in [0, 0.1) is 0 Å². The maximum absolute atomic E-state index is 12.1. The molecule has 1 aromatic rings. The number of rotatable bonds is 7. The van der Waals surface area contributed by atoms with E-state index in [4.69, 9.17) is 0 Å². The molecule has 0 aliphatic carbocycles. The summed E-state index contributed by atoms with van der Waals surface area (Å²) < 4.78 is 0. The van der Waals surface area contributed by atoms with Crippen molar-refractivity contribution >= 4 is 11.8 Å². The van der Waals surface area contributed by atoms with Gasteiger partial charge in [-0.2, -0.15) is 0 Å². The molecule has 0 spiro atoms. The quantitative estimate of drug-likeness (QED) is 0.803. The number of nitrogens with one attached hydrogen (secondary N) is 1. The van der Waals surface area contributed by atoms with Crippen LogP contribution in [0.5, 0.6) is 0 Å². The van der Waals surface area contributed by atoms with E-state index in [2.05, 4.69) is 5.32 Å². The zero-order valence-corrected chi connectivity index (χ0v) is 12.9. The number of carbonyl (C=O) groups excluding carboxylic acids is 2. The zero-order chi connectivity index (χ0) is 15.8. The fourth-order valence-corrected chi connectivity index (χ4v) is 1.91. The molecule has 0 saturated heterocycles. The molecular weight excluding hydrogens is 268 g/mol. The summed E-state index contributed by atoms with van der Waals surface area (Å²) in [4.78, 5) is 25.7. The van der Waals surface area contributed by atoms with Gasteiger partial charge in [-0.25, -0.2) is 0 Å². The second kappa shape index (κ2) is 8.42. The van der Waals surface area contributed by atoms with Crippen LogP contribution < -0.4 is 5.32 Å². The molecule has 0 fully saturated rings. The van der Waals surface area contributed by atoms with E-state index in [9.17, 15) is 14.7 Å². The zero-order valence-electron chi connectivity index (χ0n) is 12.9. The van der Waals surface area contributed by atoms with E-state index in [0.29, 0.717) is 24.1 Å². The van der Waals surface area contributed by atoms with Crippen LogP contribution in [0.15, 0.2) is 24.3 Å². The molecule has 0 heterocycles. The SMILES string of the molecule is CCCC(O)CNC(=O)c1cccc(C(=O)N(C)CC)c1. The van der Waals surface area contributed by atoms with Gasteiger partial charge in [0.15, 0.2) is 0 Å². The molecule has 0 aliphatic rings. The molecule has 5 heteroatoms. The highest BCUT2D eigenvalue weighted by atomic mass is 16.3. The van der Waals surface area contributed by atoms with Gasteiger partial charge in [0.1, 0.15) is 0 Å². The Morgan fingerprint density at radius 1 is 1.29 bits per heavy atom. The third kappa shape index (κ3) is 5.19. The standard InChI is InChI=1S/C16H24N2O3/c1-4-7-14(19)11-17-15(20)12-8-6-9-13(10-12)16(21)18(3)5-2/h6,8-10,14,19H,4-5,7,11H2,1-3H3,(H,17,20). The Hall–Kier alpha value is -1.88. The number of hydrogen-bond donors (Lipinski definition) is 2. The summed E-state index contributed by atoms with van der Waals surface area (Å²) in [6.45, 7) is 4.70. The van der Waals surface area contributed by atoms with Crippen molar-refractivity contribution in [2.45, 2.75) is 32.8 Å². The average molecular weight is 292 g/mol. The van der Waals surface area contributed by atoms with Crippen molar-refractivity contribution in [1.82, 2.24) is 10.2 Å². The van der Waals surface area contributed by atoms with Gasteiger partial charge < -0.3 is 15.3 Å². The Kier molecular flexibility index (Phi) is 6.88. The minimum Gasteiger partial charge on any atom is -0.391 e. The lowest BCUT2D eigenvalue weighted by molar-refractivity contribution is 0.0802.